The molecule has 0 radical (unpaired) electrons. The first-order valence-corrected chi connectivity index (χ1v) is 5.65. The second-order valence-electron chi connectivity index (χ2n) is 4.33. The molecule has 0 aliphatic heterocycles. The second-order valence-corrected chi connectivity index (χ2v) is 4.33. The molecule has 1 fully saturated rings. The summed E-state index contributed by atoms with van der Waals surface area (Å²) in [6, 6.07) is 7.92. The summed E-state index contributed by atoms with van der Waals surface area (Å²) in [6.07, 6.45) is 1.16. The maximum atomic E-state index is 11.1. The maximum Gasteiger partial charge on any atom is 0.134 e. The molecule has 0 heterocycles. The van der Waals surface area contributed by atoms with Crippen molar-refractivity contribution in [3.63, 3.8) is 0 Å². The number of carbonyl (C=O) groups excluding carboxylic acids is 1. The van der Waals surface area contributed by atoms with E-state index in [0.29, 0.717) is 31.8 Å². The Hall–Kier alpha value is -1.35. The lowest BCUT2D eigenvalue weighted by Crippen LogP contribution is -2.47. The van der Waals surface area contributed by atoms with Crippen LogP contribution in [0.3, 0.4) is 0 Å². The van der Waals surface area contributed by atoms with Crippen LogP contribution in [0.1, 0.15) is 25.3 Å². The first-order chi connectivity index (χ1) is 7.70. The van der Waals surface area contributed by atoms with Gasteiger partial charge in [0.15, 0.2) is 0 Å². The number of ketones is 1. The van der Waals surface area contributed by atoms with Gasteiger partial charge in [-0.15, -0.1) is 0 Å². The smallest absolute Gasteiger partial charge is 0.134 e. The average molecular weight is 219 g/mol. The number of hydrogen-bond donors (Lipinski definition) is 1. The fraction of sp³-hybridized carbons (Fsp3) is 0.462. The van der Waals surface area contributed by atoms with Gasteiger partial charge in [0.2, 0.25) is 0 Å². The van der Waals surface area contributed by atoms with Crippen molar-refractivity contribution >= 4 is 5.78 Å². The minimum Gasteiger partial charge on any atom is -0.494 e. The van der Waals surface area contributed by atoms with Gasteiger partial charge in [0, 0.05) is 24.8 Å². The Kier molecular flexibility index (Phi) is 2.97. The van der Waals surface area contributed by atoms with Crippen LogP contribution in [0.2, 0.25) is 0 Å². The Labute approximate surface area is 95.6 Å². The van der Waals surface area contributed by atoms with E-state index in [0.717, 1.165) is 11.3 Å². The molecule has 1 aliphatic rings. The molecule has 1 aliphatic carbocycles. The van der Waals surface area contributed by atoms with E-state index >= 15 is 0 Å². The highest BCUT2D eigenvalue weighted by Gasteiger charge is 2.43. The molecular formula is C13H17NO2. The fourth-order valence-electron chi connectivity index (χ4n) is 2.24. The van der Waals surface area contributed by atoms with Gasteiger partial charge in [-0.05, 0) is 24.6 Å². The van der Waals surface area contributed by atoms with E-state index in [2.05, 4.69) is 0 Å². The minimum atomic E-state index is -0.109. The highest BCUT2D eigenvalue weighted by Crippen LogP contribution is 2.40. The van der Waals surface area contributed by atoms with Crippen LogP contribution in [0.25, 0.3) is 0 Å². The lowest BCUT2D eigenvalue weighted by molar-refractivity contribution is -0.128. The molecule has 0 unspecified atom stereocenters. The Bertz CT molecular complexity index is 375. The maximum absolute atomic E-state index is 11.1. The normalized spacial score (nSPS) is 18.0. The van der Waals surface area contributed by atoms with Gasteiger partial charge in [0.05, 0.1) is 6.61 Å². The summed E-state index contributed by atoms with van der Waals surface area (Å²) in [7, 11) is 0. The van der Waals surface area contributed by atoms with Crippen LogP contribution in [0.4, 0.5) is 0 Å². The molecule has 1 aromatic carbocycles. The van der Waals surface area contributed by atoms with Crippen molar-refractivity contribution in [3.8, 4) is 5.75 Å². The molecular weight excluding hydrogens is 202 g/mol. The number of hydrogen-bond acceptors (Lipinski definition) is 3. The zero-order chi connectivity index (χ0) is 11.6. The molecule has 3 heteroatoms. The van der Waals surface area contributed by atoms with Crippen molar-refractivity contribution < 1.29 is 9.53 Å². The van der Waals surface area contributed by atoms with Crippen LogP contribution in [0, 0.1) is 0 Å². The Morgan fingerprint density at radius 1 is 1.31 bits per heavy atom. The van der Waals surface area contributed by atoms with Gasteiger partial charge in [-0.25, -0.2) is 0 Å². The van der Waals surface area contributed by atoms with Gasteiger partial charge >= 0.3 is 0 Å². The van der Waals surface area contributed by atoms with E-state index in [1.54, 1.807) is 0 Å². The van der Waals surface area contributed by atoms with Crippen molar-refractivity contribution in [1.29, 1.82) is 0 Å². The summed E-state index contributed by atoms with van der Waals surface area (Å²) < 4.78 is 5.38. The highest BCUT2D eigenvalue weighted by molar-refractivity contribution is 5.88. The quantitative estimate of drug-likeness (QED) is 0.837. The van der Waals surface area contributed by atoms with Crippen molar-refractivity contribution in [2.75, 3.05) is 13.2 Å². The monoisotopic (exact) mass is 219 g/mol. The van der Waals surface area contributed by atoms with E-state index < -0.39 is 0 Å². The zero-order valence-corrected chi connectivity index (χ0v) is 9.53. The van der Waals surface area contributed by atoms with E-state index in [4.69, 9.17) is 10.5 Å². The number of benzene rings is 1. The van der Waals surface area contributed by atoms with E-state index in [9.17, 15) is 4.79 Å². The standard InChI is InChI=1S/C13H17NO2/c1-2-16-12-5-3-10(4-6-12)13(9-14)7-11(15)8-13/h3-6H,2,7-9,14H2,1H3. The van der Waals surface area contributed by atoms with Crippen molar-refractivity contribution in [2.24, 2.45) is 5.73 Å². The highest BCUT2D eigenvalue weighted by atomic mass is 16.5. The van der Waals surface area contributed by atoms with Gasteiger partial charge in [-0.3, -0.25) is 4.79 Å². The third kappa shape index (κ3) is 1.83. The molecule has 0 spiro atoms. The topological polar surface area (TPSA) is 52.3 Å². The molecule has 2 rings (SSSR count). The first-order valence-electron chi connectivity index (χ1n) is 5.65. The van der Waals surface area contributed by atoms with E-state index in [-0.39, 0.29) is 5.41 Å². The SMILES string of the molecule is CCOc1ccc(C2(CN)CC(=O)C2)cc1. The molecule has 16 heavy (non-hydrogen) atoms. The number of Topliss-reactive ketones (excluding diaryl/α,β-unsaturated/α-hetero) is 1. The summed E-state index contributed by atoms with van der Waals surface area (Å²) in [5, 5.41) is 0. The van der Waals surface area contributed by atoms with Crippen LogP contribution < -0.4 is 10.5 Å². The van der Waals surface area contributed by atoms with Gasteiger partial charge in [-0.2, -0.15) is 0 Å². The molecule has 1 saturated carbocycles. The summed E-state index contributed by atoms with van der Waals surface area (Å²) in [5.74, 6) is 1.17. The Morgan fingerprint density at radius 3 is 2.38 bits per heavy atom. The van der Waals surface area contributed by atoms with Crippen molar-refractivity contribution in [2.45, 2.75) is 25.2 Å². The predicted octanol–water partition coefficient (Wildman–Crippen LogP) is 1.64. The van der Waals surface area contributed by atoms with Gasteiger partial charge in [0.1, 0.15) is 11.5 Å². The average Bonchev–Trinajstić information content (AvgIpc) is 2.26. The lowest BCUT2D eigenvalue weighted by atomic mass is 9.64. The summed E-state index contributed by atoms with van der Waals surface area (Å²) >= 11 is 0. The van der Waals surface area contributed by atoms with Crippen LogP contribution in [0.15, 0.2) is 24.3 Å². The molecule has 0 saturated heterocycles. The molecule has 0 bridgehead atoms. The van der Waals surface area contributed by atoms with Crippen LogP contribution in [-0.4, -0.2) is 18.9 Å². The number of carbonyl (C=O) groups is 1. The number of nitrogens with two attached hydrogens (primary N) is 1. The van der Waals surface area contributed by atoms with Crippen LogP contribution >= 0.6 is 0 Å². The summed E-state index contributed by atoms with van der Waals surface area (Å²) in [4.78, 5) is 11.1. The van der Waals surface area contributed by atoms with Crippen molar-refractivity contribution in [1.82, 2.24) is 0 Å². The van der Waals surface area contributed by atoms with Gasteiger partial charge in [-0.1, -0.05) is 12.1 Å². The van der Waals surface area contributed by atoms with E-state index in [1.165, 1.54) is 0 Å². The zero-order valence-electron chi connectivity index (χ0n) is 9.53. The third-order valence-electron chi connectivity index (χ3n) is 3.24. The largest absolute Gasteiger partial charge is 0.494 e. The minimum absolute atomic E-state index is 0.109. The van der Waals surface area contributed by atoms with Crippen molar-refractivity contribution in [3.05, 3.63) is 29.8 Å². The first kappa shape index (κ1) is 11.1. The van der Waals surface area contributed by atoms with Crippen LogP contribution in [0.5, 0.6) is 5.75 Å². The van der Waals surface area contributed by atoms with Crippen LogP contribution in [-0.2, 0) is 10.2 Å². The molecule has 0 amide bonds. The van der Waals surface area contributed by atoms with Gasteiger partial charge < -0.3 is 10.5 Å². The molecule has 86 valence electrons. The number of rotatable bonds is 4. The molecule has 0 atom stereocenters. The van der Waals surface area contributed by atoms with E-state index in [1.807, 2.05) is 31.2 Å². The predicted molar refractivity (Wildman–Crippen MR) is 62.6 cm³/mol. The van der Waals surface area contributed by atoms with Gasteiger partial charge in [0.25, 0.3) is 0 Å². The summed E-state index contributed by atoms with van der Waals surface area (Å²) in [6.45, 7) is 3.16. The summed E-state index contributed by atoms with van der Waals surface area (Å²) in [5.41, 5.74) is 6.82. The molecule has 3 nitrogen and oxygen atoms in total. The molecule has 1 aromatic rings. The second kappa shape index (κ2) is 4.26. The molecule has 0 aromatic heterocycles. The Morgan fingerprint density at radius 2 is 1.94 bits per heavy atom. The molecule has 2 N–H and O–H groups in total. The third-order valence-corrected chi connectivity index (χ3v) is 3.24. The Balaban J connectivity index is 2.17. The lowest BCUT2D eigenvalue weighted by Gasteiger charge is -2.40. The fourth-order valence-corrected chi connectivity index (χ4v) is 2.24. The number of ether oxygens (including phenoxy) is 1.